The number of carbonyl (C=O) groups excluding carboxylic acids is 2. The van der Waals surface area contributed by atoms with Gasteiger partial charge in [-0.3, -0.25) is 14.5 Å². The van der Waals surface area contributed by atoms with Gasteiger partial charge in [-0.25, -0.2) is 0 Å². The summed E-state index contributed by atoms with van der Waals surface area (Å²) in [6, 6.07) is 0.121. The molecule has 2 rings (SSSR count). The molecule has 2 fully saturated rings. The molecule has 20 heavy (non-hydrogen) atoms. The van der Waals surface area contributed by atoms with Crippen LogP contribution >= 0.6 is 0 Å². The van der Waals surface area contributed by atoms with E-state index in [0.29, 0.717) is 0 Å². The number of amides is 1. The van der Waals surface area contributed by atoms with Crippen molar-refractivity contribution in [3.63, 3.8) is 0 Å². The van der Waals surface area contributed by atoms with Gasteiger partial charge in [0, 0.05) is 6.04 Å². The number of hydrogen-bond acceptors (Lipinski definition) is 4. The van der Waals surface area contributed by atoms with Crippen LogP contribution in [0.2, 0.25) is 0 Å². The molecule has 1 heterocycles. The van der Waals surface area contributed by atoms with Crippen molar-refractivity contribution in [1.29, 1.82) is 0 Å². The Morgan fingerprint density at radius 3 is 2.55 bits per heavy atom. The largest absolute Gasteiger partial charge is 0.454 e. The quantitative estimate of drug-likeness (QED) is 0.776. The predicted molar refractivity (Wildman–Crippen MR) is 76.2 cm³/mol. The fourth-order valence-corrected chi connectivity index (χ4v) is 3.21. The van der Waals surface area contributed by atoms with Gasteiger partial charge in [-0.05, 0) is 38.8 Å². The molecule has 1 N–H and O–H groups in total. The van der Waals surface area contributed by atoms with Crippen LogP contribution in [-0.2, 0) is 14.3 Å². The third kappa shape index (κ3) is 4.20. The molecule has 1 saturated carbocycles. The van der Waals surface area contributed by atoms with Crippen molar-refractivity contribution in [3.05, 3.63) is 0 Å². The summed E-state index contributed by atoms with van der Waals surface area (Å²) < 4.78 is 5.19. The maximum atomic E-state index is 12.1. The lowest BCUT2D eigenvalue weighted by Crippen LogP contribution is -2.46. The molecule has 0 aromatic heterocycles. The van der Waals surface area contributed by atoms with E-state index in [-0.39, 0.29) is 30.6 Å². The molecule has 0 bridgehead atoms. The van der Waals surface area contributed by atoms with Crippen LogP contribution in [0.3, 0.4) is 0 Å². The van der Waals surface area contributed by atoms with Crippen LogP contribution in [-0.4, -0.2) is 48.6 Å². The monoisotopic (exact) mass is 282 g/mol. The minimum Gasteiger partial charge on any atom is -0.454 e. The molecule has 114 valence electrons. The van der Waals surface area contributed by atoms with Crippen LogP contribution in [0.25, 0.3) is 0 Å². The van der Waals surface area contributed by atoms with Crippen molar-refractivity contribution in [1.82, 2.24) is 10.2 Å². The Morgan fingerprint density at radius 1 is 1.15 bits per heavy atom. The van der Waals surface area contributed by atoms with Gasteiger partial charge in [-0.2, -0.15) is 0 Å². The maximum Gasteiger partial charge on any atom is 0.323 e. The summed E-state index contributed by atoms with van der Waals surface area (Å²) in [6.45, 7) is 3.72. The van der Waals surface area contributed by atoms with Crippen molar-refractivity contribution in [2.24, 2.45) is 0 Å². The lowest BCUT2D eigenvalue weighted by Gasteiger charge is -2.32. The highest BCUT2D eigenvalue weighted by Crippen LogP contribution is 2.18. The summed E-state index contributed by atoms with van der Waals surface area (Å²) in [7, 11) is 0. The number of esters is 1. The van der Waals surface area contributed by atoms with Gasteiger partial charge in [0.2, 0.25) is 0 Å². The molecule has 5 nitrogen and oxygen atoms in total. The molecule has 0 aromatic rings. The standard InChI is InChI=1S/C15H26N2O3/c1-2-17-10-6-5-9-13(17)15(19)20-11-14(18)16-12-7-3-4-8-12/h12-13H,2-11H2,1H3,(H,16,18)/t13-/m1/s1. The first kappa shape index (κ1) is 15.3. The first-order chi connectivity index (χ1) is 9.70. The molecular formula is C15H26N2O3. The van der Waals surface area contributed by atoms with E-state index in [0.717, 1.165) is 45.2 Å². The number of hydrogen-bond donors (Lipinski definition) is 1. The summed E-state index contributed by atoms with van der Waals surface area (Å²) in [5, 5.41) is 2.93. The molecular weight excluding hydrogens is 256 g/mol. The molecule has 1 atom stereocenters. The zero-order valence-electron chi connectivity index (χ0n) is 12.4. The van der Waals surface area contributed by atoms with Crippen LogP contribution < -0.4 is 5.32 Å². The molecule has 5 heteroatoms. The number of nitrogens with zero attached hydrogens (tertiary/aromatic N) is 1. The van der Waals surface area contributed by atoms with Crippen LogP contribution in [0, 0.1) is 0 Å². The first-order valence-electron chi connectivity index (χ1n) is 7.90. The third-order valence-electron chi connectivity index (χ3n) is 4.36. The Morgan fingerprint density at radius 2 is 1.85 bits per heavy atom. The van der Waals surface area contributed by atoms with Crippen molar-refractivity contribution in [2.75, 3.05) is 19.7 Å². The van der Waals surface area contributed by atoms with Gasteiger partial charge in [0.25, 0.3) is 5.91 Å². The number of ether oxygens (including phenoxy) is 1. The first-order valence-corrected chi connectivity index (χ1v) is 7.90. The number of rotatable bonds is 5. The smallest absolute Gasteiger partial charge is 0.323 e. The van der Waals surface area contributed by atoms with Gasteiger partial charge >= 0.3 is 5.97 Å². The summed E-state index contributed by atoms with van der Waals surface area (Å²) >= 11 is 0. The molecule has 1 aliphatic carbocycles. The van der Waals surface area contributed by atoms with E-state index < -0.39 is 0 Å². The SMILES string of the molecule is CCN1CCCC[C@@H]1C(=O)OCC(=O)NC1CCCC1. The van der Waals surface area contributed by atoms with Gasteiger partial charge in [-0.1, -0.05) is 26.2 Å². The second-order valence-corrected chi connectivity index (χ2v) is 5.80. The number of piperidine rings is 1. The normalized spacial score (nSPS) is 24.6. The molecule has 0 aromatic carbocycles. The molecule has 0 spiro atoms. The molecule has 0 radical (unpaired) electrons. The Kier molecular flexibility index (Phi) is 5.83. The van der Waals surface area contributed by atoms with Crippen LogP contribution in [0.5, 0.6) is 0 Å². The minimum absolute atomic E-state index is 0.136. The summed E-state index contributed by atoms with van der Waals surface area (Å²) in [6.07, 6.45) is 7.50. The Hall–Kier alpha value is -1.10. The molecule has 1 aliphatic heterocycles. The Balaban J connectivity index is 1.71. The predicted octanol–water partition coefficient (Wildman–Crippen LogP) is 1.46. The average Bonchev–Trinajstić information content (AvgIpc) is 2.97. The molecule has 1 saturated heterocycles. The van der Waals surface area contributed by atoms with E-state index in [4.69, 9.17) is 4.74 Å². The van der Waals surface area contributed by atoms with Gasteiger partial charge in [0.1, 0.15) is 6.04 Å². The van der Waals surface area contributed by atoms with Crippen LogP contribution in [0.4, 0.5) is 0 Å². The minimum atomic E-state index is -0.242. The summed E-state index contributed by atoms with van der Waals surface area (Å²) in [5.41, 5.74) is 0. The van der Waals surface area contributed by atoms with Crippen molar-refractivity contribution >= 4 is 11.9 Å². The zero-order chi connectivity index (χ0) is 14.4. The molecule has 2 aliphatic rings. The fourth-order valence-electron chi connectivity index (χ4n) is 3.21. The van der Waals surface area contributed by atoms with E-state index in [1.165, 1.54) is 12.8 Å². The summed E-state index contributed by atoms with van der Waals surface area (Å²) in [5.74, 6) is -0.405. The number of carbonyl (C=O) groups is 2. The highest BCUT2D eigenvalue weighted by atomic mass is 16.5. The molecule has 0 unspecified atom stereocenters. The van der Waals surface area contributed by atoms with E-state index in [2.05, 4.69) is 17.1 Å². The lowest BCUT2D eigenvalue weighted by molar-refractivity contribution is -0.155. The second-order valence-electron chi connectivity index (χ2n) is 5.80. The van der Waals surface area contributed by atoms with Gasteiger partial charge in [0.05, 0.1) is 0 Å². The Bertz CT molecular complexity index is 340. The van der Waals surface area contributed by atoms with E-state index in [1.807, 2.05) is 0 Å². The average molecular weight is 282 g/mol. The van der Waals surface area contributed by atoms with Crippen LogP contribution in [0.15, 0.2) is 0 Å². The van der Waals surface area contributed by atoms with Crippen molar-refractivity contribution < 1.29 is 14.3 Å². The van der Waals surface area contributed by atoms with E-state index in [9.17, 15) is 9.59 Å². The van der Waals surface area contributed by atoms with E-state index >= 15 is 0 Å². The summed E-state index contributed by atoms with van der Waals surface area (Å²) in [4.78, 5) is 25.9. The van der Waals surface area contributed by atoms with Gasteiger partial charge < -0.3 is 10.1 Å². The Labute approximate surface area is 121 Å². The number of nitrogens with one attached hydrogen (secondary N) is 1. The van der Waals surface area contributed by atoms with Crippen molar-refractivity contribution in [2.45, 2.75) is 64.0 Å². The van der Waals surface area contributed by atoms with E-state index in [1.54, 1.807) is 0 Å². The fraction of sp³-hybridized carbons (Fsp3) is 0.867. The zero-order valence-corrected chi connectivity index (χ0v) is 12.4. The highest BCUT2D eigenvalue weighted by molar-refractivity contribution is 5.82. The lowest BCUT2D eigenvalue weighted by atomic mass is 10.0. The van der Waals surface area contributed by atoms with Gasteiger partial charge in [-0.15, -0.1) is 0 Å². The van der Waals surface area contributed by atoms with Crippen molar-refractivity contribution in [3.8, 4) is 0 Å². The second kappa shape index (κ2) is 7.62. The topological polar surface area (TPSA) is 58.6 Å². The third-order valence-corrected chi connectivity index (χ3v) is 4.36. The van der Waals surface area contributed by atoms with Crippen LogP contribution in [0.1, 0.15) is 51.9 Å². The van der Waals surface area contributed by atoms with Gasteiger partial charge in [0.15, 0.2) is 6.61 Å². The number of likely N-dealkylation sites (N-methyl/N-ethyl adjacent to an activating group) is 1. The highest BCUT2D eigenvalue weighted by Gasteiger charge is 2.29. The maximum absolute atomic E-state index is 12.1. The molecule has 1 amide bonds. The number of likely N-dealkylation sites (tertiary alicyclic amines) is 1.